The van der Waals surface area contributed by atoms with E-state index >= 15 is 0 Å². The molecule has 2 rings (SSSR count). The first-order valence-corrected chi connectivity index (χ1v) is 7.66. The van der Waals surface area contributed by atoms with Crippen LogP contribution in [0.15, 0.2) is 24.3 Å². The monoisotopic (exact) mass is 304 g/mol. The molecule has 1 aromatic carbocycles. The molecule has 0 saturated heterocycles. The molecule has 0 unspecified atom stereocenters. The van der Waals surface area contributed by atoms with Crippen LogP contribution in [0, 0.1) is 11.8 Å². The van der Waals surface area contributed by atoms with Gasteiger partial charge in [0.15, 0.2) is 0 Å². The van der Waals surface area contributed by atoms with E-state index in [1.54, 1.807) is 19.1 Å². The summed E-state index contributed by atoms with van der Waals surface area (Å²) in [7, 11) is 3.39. The van der Waals surface area contributed by atoms with Gasteiger partial charge < -0.3 is 15.0 Å². The summed E-state index contributed by atoms with van der Waals surface area (Å²) >= 11 is 0. The van der Waals surface area contributed by atoms with Crippen molar-refractivity contribution in [1.82, 2.24) is 10.2 Å². The molecule has 5 heteroatoms. The molecule has 1 saturated carbocycles. The van der Waals surface area contributed by atoms with Crippen molar-refractivity contribution in [2.45, 2.75) is 26.3 Å². The number of carbonyl (C=O) groups excluding carboxylic acids is 2. The molecule has 0 aromatic heterocycles. The summed E-state index contributed by atoms with van der Waals surface area (Å²) in [6, 6.07) is 7.66. The Morgan fingerprint density at radius 3 is 2.77 bits per heavy atom. The van der Waals surface area contributed by atoms with Crippen molar-refractivity contribution in [3.8, 4) is 5.75 Å². The summed E-state index contributed by atoms with van der Waals surface area (Å²) in [5.41, 5.74) is 1.02. The molecule has 1 aliphatic rings. The van der Waals surface area contributed by atoms with Crippen LogP contribution in [0.1, 0.15) is 25.3 Å². The topological polar surface area (TPSA) is 58.6 Å². The normalized spacial score (nSPS) is 19.4. The van der Waals surface area contributed by atoms with Gasteiger partial charge in [0.05, 0.1) is 7.11 Å². The number of ether oxygens (including phenoxy) is 1. The van der Waals surface area contributed by atoms with Gasteiger partial charge in [-0.2, -0.15) is 0 Å². The number of hydrogen-bond donors (Lipinski definition) is 1. The standard InChI is InChI=1S/C17H24N2O3/c1-12-9-15(12)17(21)18-8-7-16(20)19(2)11-13-5-4-6-14(10-13)22-3/h4-6,10,12,15H,7-9,11H2,1-3H3,(H,18,21)/t12-,15-/m0/s1. The number of rotatable bonds is 7. The molecule has 5 nitrogen and oxygen atoms in total. The average Bonchev–Trinajstić information content (AvgIpc) is 3.24. The molecule has 0 bridgehead atoms. The van der Waals surface area contributed by atoms with Gasteiger partial charge in [-0.05, 0) is 30.0 Å². The Labute approximate surface area is 131 Å². The zero-order valence-corrected chi connectivity index (χ0v) is 13.5. The van der Waals surface area contributed by atoms with Crippen LogP contribution >= 0.6 is 0 Å². The van der Waals surface area contributed by atoms with E-state index in [1.807, 2.05) is 24.3 Å². The van der Waals surface area contributed by atoms with Crippen molar-refractivity contribution in [2.75, 3.05) is 20.7 Å². The lowest BCUT2D eigenvalue weighted by Crippen LogP contribution is -2.32. The summed E-state index contributed by atoms with van der Waals surface area (Å²) in [5.74, 6) is 1.53. The highest BCUT2D eigenvalue weighted by Gasteiger charge is 2.38. The molecule has 0 heterocycles. The van der Waals surface area contributed by atoms with E-state index < -0.39 is 0 Å². The summed E-state index contributed by atoms with van der Waals surface area (Å²) in [6.45, 7) is 3.00. The van der Waals surface area contributed by atoms with E-state index in [0.29, 0.717) is 25.4 Å². The van der Waals surface area contributed by atoms with Gasteiger partial charge in [-0.3, -0.25) is 9.59 Å². The Bertz CT molecular complexity index is 544. The van der Waals surface area contributed by atoms with Crippen LogP contribution in [0.3, 0.4) is 0 Å². The van der Waals surface area contributed by atoms with Crippen molar-refractivity contribution in [2.24, 2.45) is 11.8 Å². The van der Waals surface area contributed by atoms with E-state index in [0.717, 1.165) is 17.7 Å². The van der Waals surface area contributed by atoms with E-state index in [1.165, 1.54) is 0 Å². The van der Waals surface area contributed by atoms with Crippen LogP contribution < -0.4 is 10.1 Å². The molecule has 1 aliphatic carbocycles. The Balaban J connectivity index is 1.73. The zero-order valence-electron chi connectivity index (χ0n) is 13.5. The second-order valence-corrected chi connectivity index (χ2v) is 5.96. The molecule has 1 aromatic rings. The number of benzene rings is 1. The fourth-order valence-corrected chi connectivity index (χ4v) is 2.43. The van der Waals surface area contributed by atoms with Crippen LogP contribution in [0.5, 0.6) is 5.75 Å². The minimum atomic E-state index is 0.0203. The lowest BCUT2D eigenvalue weighted by Gasteiger charge is -2.18. The summed E-state index contributed by atoms with van der Waals surface area (Å²) in [6.07, 6.45) is 1.29. The minimum Gasteiger partial charge on any atom is -0.497 e. The average molecular weight is 304 g/mol. The van der Waals surface area contributed by atoms with Gasteiger partial charge in [0, 0.05) is 32.5 Å². The maximum absolute atomic E-state index is 12.1. The van der Waals surface area contributed by atoms with Crippen LogP contribution in [0.25, 0.3) is 0 Å². The van der Waals surface area contributed by atoms with Gasteiger partial charge in [-0.25, -0.2) is 0 Å². The van der Waals surface area contributed by atoms with Gasteiger partial charge in [0.1, 0.15) is 5.75 Å². The Morgan fingerprint density at radius 2 is 2.14 bits per heavy atom. The summed E-state index contributed by atoms with van der Waals surface area (Å²) in [5, 5.41) is 2.84. The summed E-state index contributed by atoms with van der Waals surface area (Å²) < 4.78 is 5.17. The minimum absolute atomic E-state index is 0.0203. The molecule has 0 radical (unpaired) electrons. The largest absolute Gasteiger partial charge is 0.497 e. The highest BCUT2D eigenvalue weighted by atomic mass is 16.5. The number of carbonyl (C=O) groups is 2. The first-order chi connectivity index (χ1) is 10.5. The van der Waals surface area contributed by atoms with Crippen molar-refractivity contribution in [3.63, 3.8) is 0 Å². The predicted octanol–water partition coefficient (Wildman–Crippen LogP) is 1.82. The van der Waals surface area contributed by atoms with Crippen LogP contribution in [-0.4, -0.2) is 37.4 Å². The fourth-order valence-electron chi connectivity index (χ4n) is 2.43. The highest BCUT2D eigenvalue weighted by molar-refractivity contribution is 5.82. The van der Waals surface area contributed by atoms with Gasteiger partial charge >= 0.3 is 0 Å². The predicted molar refractivity (Wildman–Crippen MR) is 84.4 cm³/mol. The quantitative estimate of drug-likeness (QED) is 0.836. The molecule has 22 heavy (non-hydrogen) atoms. The molecule has 2 atom stereocenters. The van der Waals surface area contributed by atoms with Crippen molar-refractivity contribution < 1.29 is 14.3 Å². The number of amides is 2. The smallest absolute Gasteiger partial charge is 0.224 e. The Morgan fingerprint density at radius 1 is 1.41 bits per heavy atom. The lowest BCUT2D eigenvalue weighted by molar-refractivity contribution is -0.130. The third-order valence-corrected chi connectivity index (χ3v) is 4.06. The van der Waals surface area contributed by atoms with E-state index in [-0.39, 0.29) is 17.7 Å². The first-order valence-electron chi connectivity index (χ1n) is 7.66. The van der Waals surface area contributed by atoms with Gasteiger partial charge in [-0.1, -0.05) is 19.1 Å². The van der Waals surface area contributed by atoms with Gasteiger partial charge in [0.25, 0.3) is 0 Å². The first kappa shape index (κ1) is 16.3. The number of hydrogen-bond acceptors (Lipinski definition) is 3. The molecular formula is C17H24N2O3. The molecule has 2 amide bonds. The maximum Gasteiger partial charge on any atom is 0.224 e. The van der Waals surface area contributed by atoms with Gasteiger partial charge in [0.2, 0.25) is 11.8 Å². The van der Waals surface area contributed by atoms with E-state index in [2.05, 4.69) is 12.2 Å². The Kier molecular flexibility index (Phi) is 5.41. The maximum atomic E-state index is 12.1. The van der Waals surface area contributed by atoms with Crippen molar-refractivity contribution in [1.29, 1.82) is 0 Å². The molecular weight excluding hydrogens is 280 g/mol. The lowest BCUT2D eigenvalue weighted by atomic mass is 10.2. The SMILES string of the molecule is COc1cccc(CN(C)C(=O)CCNC(=O)[C@H]2C[C@@H]2C)c1. The second kappa shape index (κ2) is 7.29. The number of nitrogens with one attached hydrogen (secondary N) is 1. The molecule has 1 N–H and O–H groups in total. The third-order valence-electron chi connectivity index (χ3n) is 4.06. The Hall–Kier alpha value is -2.04. The van der Waals surface area contributed by atoms with Crippen LogP contribution in [-0.2, 0) is 16.1 Å². The molecule has 120 valence electrons. The van der Waals surface area contributed by atoms with E-state index in [9.17, 15) is 9.59 Å². The molecule has 0 spiro atoms. The van der Waals surface area contributed by atoms with Crippen LogP contribution in [0.2, 0.25) is 0 Å². The van der Waals surface area contributed by atoms with E-state index in [4.69, 9.17) is 4.74 Å². The fraction of sp³-hybridized carbons (Fsp3) is 0.529. The molecule has 1 fully saturated rings. The third kappa shape index (κ3) is 4.48. The highest BCUT2D eigenvalue weighted by Crippen LogP contribution is 2.37. The van der Waals surface area contributed by atoms with Crippen molar-refractivity contribution >= 4 is 11.8 Å². The van der Waals surface area contributed by atoms with Gasteiger partial charge in [-0.15, -0.1) is 0 Å². The summed E-state index contributed by atoms with van der Waals surface area (Å²) in [4.78, 5) is 25.4. The zero-order chi connectivity index (χ0) is 16.1. The second-order valence-electron chi connectivity index (χ2n) is 5.96. The van der Waals surface area contributed by atoms with Crippen LogP contribution in [0.4, 0.5) is 0 Å². The number of nitrogens with zero attached hydrogens (tertiary/aromatic N) is 1. The molecule has 0 aliphatic heterocycles. The number of methoxy groups -OCH3 is 1. The van der Waals surface area contributed by atoms with Crippen molar-refractivity contribution in [3.05, 3.63) is 29.8 Å².